The number of carbonyl (C=O) groups excluding carboxylic acids is 1. The molecule has 6 heteroatoms. The normalized spacial score (nSPS) is 20.9. The van der Waals surface area contributed by atoms with Crippen LogP contribution < -0.4 is 5.32 Å². The molecule has 1 aliphatic rings. The number of hydrogen-bond acceptors (Lipinski definition) is 3. The van der Waals surface area contributed by atoms with E-state index in [2.05, 4.69) is 5.32 Å². The van der Waals surface area contributed by atoms with E-state index in [0.717, 1.165) is 6.42 Å². The molecule has 1 saturated heterocycles. The highest BCUT2D eigenvalue weighted by Gasteiger charge is 2.31. The Morgan fingerprint density at radius 2 is 2.00 bits per heavy atom. The van der Waals surface area contributed by atoms with Crippen molar-refractivity contribution in [1.29, 1.82) is 0 Å². The lowest BCUT2D eigenvalue weighted by molar-refractivity contribution is -0.139. The van der Waals surface area contributed by atoms with Gasteiger partial charge in [0.2, 0.25) is 0 Å². The number of aliphatic hydroxyl groups is 1. The van der Waals surface area contributed by atoms with Crippen LogP contribution in [0, 0.1) is 5.92 Å². The van der Waals surface area contributed by atoms with E-state index < -0.39 is 24.1 Å². The first-order chi connectivity index (χ1) is 9.99. The van der Waals surface area contributed by atoms with Crippen LogP contribution in [0.15, 0.2) is 30.3 Å². The number of benzene rings is 1. The fraction of sp³-hybridized carbons (Fsp3) is 0.467. The molecule has 21 heavy (non-hydrogen) atoms. The average molecular weight is 292 g/mol. The summed E-state index contributed by atoms with van der Waals surface area (Å²) in [5.74, 6) is -1.04. The van der Waals surface area contributed by atoms with Crippen molar-refractivity contribution < 1.29 is 19.8 Å². The van der Waals surface area contributed by atoms with Crippen molar-refractivity contribution in [2.75, 3.05) is 13.1 Å². The van der Waals surface area contributed by atoms with Crippen LogP contribution in [0.3, 0.4) is 0 Å². The van der Waals surface area contributed by atoms with Crippen LogP contribution in [-0.2, 0) is 4.79 Å². The van der Waals surface area contributed by atoms with Crippen LogP contribution in [0.25, 0.3) is 0 Å². The predicted octanol–water partition coefficient (Wildman–Crippen LogP) is 1.22. The van der Waals surface area contributed by atoms with Crippen molar-refractivity contribution >= 4 is 12.0 Å². The second kappa shape index (κ2) is 6.58. The van der Waals surface area contributed by atoms with Crippen molar-refractivity contribution in [1.82, 2.24) is 10.2 Å². The van der Waals surface area contributed by atoms with Crippen LogP contribution in [0.2, 0.25) is 0 Å². The maximum absolute atomic E-state index is 12.2. The standard InChI is InChI=1S/C15H20N2O4/c1-10(18)12-7-8-17(9-12)15(21)16-13(14(19)20)11-5-3-2-4-6-11/h2-6,10,12-13,18H,7-9H2,1H3,(H,16,21)(H,19,20)/t10?,12?,13-/m0/s1. The third-order valence-electron chi connectivity index (χ3n) is 3.84. The van der Waals surface area contributed by atoms with E-state index in [4.69, 9.17) is 0 Å². The molecule has 1 fully saturated rings. The van der Waals surface area contributed by atoms with Gasteiger partial charge in [-0.25, -0.2) is 9.59 Å². The summed E-state index contributed by atoms with van der Waals surface area (Å²) in [6, 6.07) is 7.12. The van der Waals surface area contributed by atoms with Crippen molar-refractivity contribution in [2.24, 2.45) is 5.92 Å². The van der Waals surface area contributed by atoms with E-state index in [1.54, 1.807) is 42.2 Å². The van der Waals surface area contributed by atoms with E-state index in [9.17, 15) is 19.8 Å². The van der Waals surface area contributed by atoms with Gasteiger partial charge in [0, 0.05) is 19.0 Å². The van der Waals surface area contributed by atoms with Gasteiger partial charge in [0.15, 0.2) is 6.04 Å². The number of amides is 2. The highest BCUT2D eigenvalue weighted by molar-refractivity contribution is 5.83. The van der Waals surface area contributed by atoms with Gasteiger partial charge in [-0.15, -0.1) is 0 Å². The summed E-state index contributed by atoms with van der Waals surface area (Å²) in [5, 5.41) is 21.4. The SMILES string of the molecule is CC(O)C1CCN(C(=O)N[C@H](C(=O)O)c2ccccc2)C1. The maximum atomic E-state index is 12.2. The number of aliphatic hydroxyl groups excluding tert-OH is 1. The molecule has 6 nitrogen and oxygen atoms in total. The second-order valence-corrected chi connectivity index (χ2v) is 5.37. The smallest absolute Gasteiger partial charge is 0.330 e. The largest absolute Gasteiger partial charge is 0.479 e. The molecule has 1 aromatic rings. The fourth-order valence-corrected chi connectivity index (χ4v) is 2.51. The monoisotopic (exact) mass is 292 g/mol. The highest BCUT2D eigenvalue weighted by Crippen LogP contribution is 2.20. The number of nitrogens with one attached hydrogen (secondary N) is 1. The van der Waals surface area contributed by atoms with Gasteiger partial charge in [-0.1, -0.05) is 30.3 Å². The van der Waals surface area contributed by atoms with Crippen LogP contribution in [0.5, 0.6) is 0 Å². The van der Waals surface area contributed by atoms with Gasteiger partial charge < -0.3 is 20.4 Å². The molecule has 0 saturated carbocycles. The molecule has 0 aliphatic carbocycles. The topological polar surface area (TPSA) is 89.9 Å². The number of likely N-dealkylation sites (tertiary alicyclic amines) is 1. The third kappa shape index (κ3) is 3.72. The lowest BCUT2D eigenvalue weighted by atomic mass is 10.0. The van der Waals surface area contributed by atoms with Crippen LogP contribution >= 0.6 is 0 Å². The van der Waals surface area contributed by atoms with Gasteiger partial charge in [-0.2, -0.15) is 0 Å². The Bertz CT molecular complexity index is 504. The van der Waals surface area contributed by atoms with Gasteiger partial charge in [0.25, 0.3) is 0 Å². The number of carbonyl (C=O) groups is 2. The van der Waals surface area contributed by atoms with E-state index in [1.807, 2.05) is 0 Å². The molecule has 114 valence electrons. The molecule has 0 radical (unpaired) electrons. The first-order valence-electron chi connectivity index (χ1n) is 7.00. The Hall–Kier alpha value is -2.08. The number of nitrogens with zero attached hydrogens (tertiary/aromatic N) is 1. The van der Waals surface area contributed by atoms with Gasteiger partial charge in [0.1, 0.15) is 0 Å². The molecular weight excluding hydrogens is 272 g/mol. The Morgan fingerprint density at radius 3 is 2.52 bits per heavy atom. The zero-order valence-electron chi connectivity index (χ0n) is 11.9. The number of hydrogen-bond donors (Lipinski definition) is 3. The molecule has 1 heterocycles. The minimum Gasteiger partial charge on any atom is -0.479 e. The molecular formula is C15H20N2O4. The molecule has 1 aromatic carbocycles. The highest BCUT2D eigenvalue weighted by atomic mass is 16.4. The minimum absolute atomic E-state index is 0.0516. The third-order valence-corrected chi connectivity index (χ3v) is 3.84. The first kappa shape index (κ1) is 15.3. The molecule has 0 bridgehead atoms. The Morgan fingerprint density at radius 1 is 1.33 bits per heavy atom. The fourth-order valence-electron chi connectivity index (χ4n) is 2.51. The summed E-state index contributed by atoms with van der Waals surface area (Å²) in [7, 11) is 0. The van der Waals surface area contributed by atoms with E-state index in [1.165, 1.54) is 0 Å². The number of carboxylic acid groups (broad SMARTS) is 1. The van der Waals surface area contributed by atoms with Gasteiger partial charge in [-0.3, -0.25) is 0 Å². The van der Waals surface area contributed by atoms with Gasteiger partial charge in [-0.05, 0) is 18.9 Å². The molecule has 1 aliphatic heterocycles. The molecule has 3 N–H and O–H groups in total. The van der Waals surface area contributed by atoms with E-state index in [-0.39, 0.29) is 5.92 Å². The quantitative estimate of drug-likeness (QED) is 0.778. The second-order valence-electron chi connectivity index (χ2n) is 5.37. The van der Waals surface area contributed by atoms with E-state index in [0.29, 0.717) is 18.7 Å². The number of rotatable bonds is 4. The van der Waals surface area contributed by atoms with Gasteiger partial charge in [0.05, 0.1) is 6.10 Å². The molecule has 0 spiro atoms. The molecule has 3 atom stereocenters. The number of carboxylic acids is 1. The first-order valence-corrected chi connectivity index (χ1v) is 7.00. The van der Waals surface area contributed by atoms with Crippen molar-refractivity contribution in [3.05, 3.63) is 35.9 Å². The summed E-state index contributed by atoms with van der Waals surface area (Å²) in [4.78, 5) is 25.1. The Balaban J connectivity index is 2.02. The van der Waals surface area contributed by atoms with Gasteiger partial charge >= 0.3 is 12.0 Å². The van der Waals surface area contributed by atoms with Crippen LogP contribution in [-0.4, -0.2) is 46.3 Å². The summed E-state index contributed by atoms with van der Waals surface area (Å²) < 4.78 is 0. The zero-order valence-corrected chi connectivity index (χ0v) is 11.9. The summed E-state index contributed by atoms with van der Waals surface area (Å²) in [5.41, 5.74) is 0.532. The molecule has 2 unspecified atom stereocenters. The van der Waals surface area contributed by atoms with Crippen molar-refractivity contribution in [2.45, 2.75) is 25.5 Å². The number of aliphatic carboxylic acids is 1. The Labute approximate surface area is 123 Å². The lowest BCUT2D eigenvalue weighted by Crippen LogP contribution is -2.43. The minimum atomic E-state index is -1.10. The van der Waals surface area contributed by atoms with Crippen molar-refractivity contribution in [3.63, 3.8) is 0 Å². The Kier molecular flexibility index (Phi) is 4.80. The lowest BCUT2D eigenvalue weighted by Gasteiger charge is -2.21. The van der Waals surface area contributed by atoms with E-state index >= 15 is 0 Å². The molecule has 2 amide bonds. The van der Waals surface area contributed by atoms with Crippen molar-refractivity contribution in [3.8, 4) is 0 Å². The molecule has 0 aromatic heterocycles. The summed E-state index contributed by atoms with van der Waals surface area (Å²) >= 11 is 0. The number of urea groups is 1. The maximum Gasteiger partial charge on any atom is 0.330 e. The van der Waals surface area contributed by atoms with Crippen LogP contribution in [0.1, 0.15) is 24.9 Å². The zero-order chi connectivity index (χ0) is 15.4. The average Bonchev–Trinajstić information content (AvgIpc) is 2.95. The molecule has 2 rings (SSSR count). The summed E-state index contributed by atoms with van der Waals surface area (Å²) in [6.07, 6.45) is 0.265. The van der Waals surface area contributed by atoms with Crippen LogP contribution in [0.4, 0.5) is 4.79 Å². The summed E-state index contributed by atoms with van der Waals surface area (Å²) in [6.45, 7) is 2.68. The predicted molar refractivity (Wildman–Crippen MR) is 76.7 cm³/mol.